The summed E-state index contributed by atoms with van der Waals surface area (Å²) in [7, 11) is 9.28. The van der Waals surface area contributed by atoms with Gasteiger partial charge >= 0.3 is 0 Å². The van der Waals surface area contributed by atoms with Crippen LogP contribution in [-0.2, 0) is 0 Å². The first-order valence-corrected chi connectivity index (χ1v) is 13.2. The smallest absolute Gasteiger partial charge is 0.0238 e. The van der Waals surface area contributed by atoms with Crippen LogP contribution in [0.1, 0.15) is 32.1 Å². The van der Waals surface area contributed by atoms with Gasteiger partial charge in [0.2, 0.25) is 0 Å². The minimum absolute atomic E-state index is 0.744. The van der Waals surface area contributed by atoms with E-state index in [9.17, 15) is 0 Å². The standard InChI is InChI=1S/C25H50N6/c1-26-8-5-22(6-9-26)20-31-16-13-28(3)21-25(31)18-24-17-23(7-10-29(24)4)19-30-14-11-27(2)12-15-30/h22-25H,5-21H2,1-4H3. The van der Waals surface area contributed by atoms with Gasteiger partial charge < -0.3 is 24.5 Å². The Bertz CT molecular complexity index is 528. The van der Waals surface area contributed by atoms with Crippen molar-refractivity contribution in [3.63, 3.8) is 0 Å². The summed E-state index contributed by atoms with van der Waals surface area (Å²) in [5.74, 6) is 1.81. The minimum atomic E-state index is 0.744. The molecule has 4 aliphatic rings. The second-order valence-corrected chi connectivity index (χ2v) is 11.5. The van der Waals surface area contributed by atoms with Crippen LogP contribution in [0.15, 0.2) is 0 Å². The number of piperazine rings is 2. The molecule has 0 N–H and O–H groups in total. The molecule has 6 nitrogen and oxygen atoms in total. The van der Waals surface area contributed by atoms with E-state index in [0.717, 1.165) is 23.9 Å². The molecule has 0 spiro atoms. The molecule has 180 valence electrons. The summed E-state index contributed by atoms with van der Waals surface area (Å²) >= 11 is 0. The molecule has 0 saturated carbocycles. The first-order chi connectivity index (χ1) is 15.0. The molecule has 31 heavy (non-hydrogen) atoms. The summed E-state index contributed by atoms with van der Waals surface area (Å²) in [4.78, 5) is 15.9. The van der Waals surface area contributed by atoms with Gasteiger partial charge in [0.25, 0.3) is 0 Å². The molecule has 4 saturated heterocycles. The van der Waals surface area contributed by atoms with Gasteiger partial charge in [0.05, 0.1) is 0 Å². The topological polar surface area (TPSA) is 19.4 Å². The molecule has 4 heterocycles. The summed E-state index contributed by atoms with van der Waals surface area (Å²) in [6.45, 7) is 15.4. The van der Waals surface area contributed by atoms with E-state index in [-0.39, 0.29) is 0 Å². The number of piperidine rings is 2. The fourth-order valence-corrected chi connectivity index (χ4v) is 6.49. The van der Waals surface area contributed by atoms with Crippen molar-refractivity contribution in [2.24, 2.45) is 11.8 Å². The molecule has 6 heteroatoms. The molecular weight excluding hydrogens is 384 g/mol. The lowest BCUT2D eigenvalue weighted by Gasteiger charge is -2.46. The van der Waals surface area contributed by atoms with Crippen molar-refractivity contribution in [1.29, 1.82) is 0 Å². The van der Waals surface area contributed by atoms with Gasteiger partial charge in [0, 0.05) is 71.0 Å². The molecule has 3 unspecified atom stereocenters. The first kappa shape index (κ1) is 23.9. The Morgan fingerprint density at radius 3 is 1.97 bits per heavy atom. The van der Waals surface area contributed by atoms with E-state index in [0.29, 0.717) is 0 Å². The van der Waals surface area contributed by atoms with Crippen molar-refractivity contribution in [1.82, 2.24) is 29.4 Å². The number of rotatable bonds is 6. The highest BCUT2D eigenvalue weighted by Crippen LogP contribution is 2.29. The third kappa shape index (κ3) is 6.87. The monoisotopic (exact) mass is 434 g/mol. The van der Waals surface area contributed by atoms with Crippen LogP contribution < -0.4 is 0 Å². The van der Waals surface area contributed by atoms with Crippen LogP contribution in [0.2, 0.25) is 0 Å². The molecular formula is C25H50N6. The van der Waals surface area contributed by atoms with Crippen LogP contribution >= 0.6 is 0 Å². The maximum atomic E-state index is 2.90. The fourth-order valence-electron chi connectivity index (χ4n) is 6.49. The van der Waals surface area contributed by atoms with Crippen molar-refractivity contribution < 1.29 is 0 Å². The van der Waals surface area contributed by atoms with Crippen molar-refractivity contribution >= 4 is 0 Å². The lowest BCUT2D eigenvalue weighted by Crippen LogP contribution is -2.56. The Morgan fingerprint density at radius 2 is 1.23 bits per heavy atom. The SMILES string of the molecule is CN1CCC(CN2CCN(C)CC2CC2CC(CN3CCN(C)CC3)CCN2C)CC1. The Morgan fingerprint density at radius 1 is 0.581 bits per heavy atom. The third-order valence-corrected chi connectivity index (χ3v) is 8.91. The summed E-state index contributed by atoms with van der Waals surface area (Å²) < 4.78 is 0. The average molecular weight is 435 g/mol. The number of likely N-dealkylation sites (N-methyl/N-ethyl adjacent to an activating group) is 2. The van der Waals surface area contributed by atoms with E-state index in [1.165, 1.54) is 111 Å². The predicted octanol–water partition coefficient (Wildman–Crippen LogP) is 1.29. The number of nitrogens with zero attached hydrogens (tertiary/aromatic N) is 6. The minimum Gasteiger partial charge on any atom is -0.306 e. The maximum Gasteiger partial charge on any atom is 0.0238 e. The molecule has 0 aliphatic carbocycles. The summed E-state index contributed by atoms with van der Waals surface area (Å²) in [6.07, 6.45) is 6.96. The van der Waals surface area contributed by atoms with Crippen LogP contribution in [0.4, 0.5) is 0 Å². The van der Waals surface area contributed by atoms with Crippen molar-refractivity contribution in [3.8, 4) is 0 Å². The van der Waals surface area contributed by atoms with Gasteiger partial charge in [0.1, 0.15) is 0 Å². The summed E-state index contributed by atoms with van der Waals surface area (Å²) in [6, 6.07) is 1.51. The van der Waals surface area contributed by atoms with E-state index in [1.54, 1.807) is 0 Å². The molecule has 0 radical (unpaired) electrons. The third-order valence-electron chi connectivity index (χ3n) is 8.91. The van der Waals surface area contributed by atoms with Gasteiger partial charge in [0.15, 0.2) is 0 Å². The van der Waals surface area contributed by atoms with E-state index < -0.39 is 0 Å². The normalized spacial score (nSPS) is 35.0. The Balaban J connectivity index is 1.30. The van der Waals surface area contributed by atoms with Gasteiger partial charge in [-0.15, -0.1) is 0 Å². The van der Waals surface area contributed by atoms with Crippen molar-refractivity contribution in [3.05, 3.63) is 0 Å². The highest BCUT2D eigenvalue weighted by atomic mass is 15.3. The lowest BCUT2D eigenvalue weighted by molar-refractivity contribution is 0.0269. The molecule has 3 atom stereocenters. The molecule has 0 aromatic heterocycles. The lowest BCUT2D eigenvalue weighted by atomic mass is 9.86. The molecule has 0 bridgehead atoms. The molecule has 4 fully saturated rings. The molecule has 0 amide bonds. The van der Waals surface area contributed by atoms with Gasteiger partial charge in [-0.05, 0) is 91.8 Å². The van der Waals surface area contributed by atoms with Gasteiger partial charge in [-0.25, -0.2) is 0 Å². The Hall–Kier alpha value is -0.240. The second-order valence-electron chi connectivity index (χ2n) is 11.5. The van der Waals surface area contributed by atoms with Gasteiger partial charge in [-0.1, -0.05) is 0 Å². The zero-order valence-electron chi connectivity index (χ0n) is 21.0. The first-order valence-electron chi connectivity index (χ1n) is 13.2. The van der Waals surface area contributed by atoms with Crippen molar-refractivity contribution in [2.45, 2.75) is 44.2 Å². The van der Waals surface area contributed by atoms with Crippen LogP contribution in [0.5, 0.6) is 0 Å². The number of likely N-dealkylation sites (tertiary alicyclic amines) is 2. The number of hydrogen-bond acceptors (Lipinski definition) is 6. The average Bonchev–Trinajstić information content (AvgIpc) is 2.75. The van der Waals surface area contributed by atoms with Crippen LogP contribution in [0.3, 0.4) is 0 Å². The maximum absolute atomic E-state index is 2.90. The molecule has 4 rings (SSSR count). The Kier molecular flexibility index (Phi) is 8.68. The molecule has 4 aliphatic heterocycles. The van der Waals surface area contributed by atoms with Crippen LogP contribution in [0, 0.1) is 11.8 Å². The number of hydrogen-bond donors (Lipinski definition) is 0. The zero-order chi connectivity index (χ0) is 21.8. The highest BCUT2D eigenvalue weighted by Gasteiger charge is 2.34. The van der Waals surface area contributed by atoms with Crippen molar-refractivity contribution in [2.75, 3.05) is 107 Å². The summed E-state index contributed by atoms with van der Waals surface area (Å²) in [5, 5.41) is 0. The van der Waals surface area contributed by atoms with E-state index in [4.69, 9.17) is 0 Å². The quantitative estimate of drug-likeness (QED) is 0.623. The van der Waals surface area contributed by atoms with Crippen LogP contribution in [0.25, 0.3) is 0 Å². The van der Waals surface area contributed by atoms with Gasteiger partial charge in [-0.3, -0.25) is 4.90 Å². The van der Waals surface area contributed by atoms with E-state index >= 15 is 0 Å². The van der Waals surface area contributed by atoms with Gasteiger partial charge in [-0.2, -0.15) is 0 Å². The second kappa shape index (κ2) is 11.3. The molecule has 0 aromatic carbocycles. The van der Waals surface area contributed by atoms with E-state index in [2.05, 4.69) is 57.6 Å². The van der Waals surface area contributed by atoms with E-state index in [1.807, 2.05) is 0 Å². The zero-order valence-corrected chi connectivity index (χ0v) is 21.0. The van der Waals surface area contributed by atoms with Crippen LogP contribution in [-0.4, -0.2) is 148 Å². The predicted molar refractivity (Wildman–Crippen MR) is 131 cm³/mol. The fraction of sp³-hybridized carbons (Fsp3) is 1.00. The summed E-state index contributed by atoms with van der Waals surface area (Å²) in [5.41, 5.74) is 0. The highest BCUT2D eigenvalue weighted by molar-refractivity contribution is 4.90. The Labute approximate surface area is 192 Å². The largest absolute Gasteiger partial charge is 0.306 e. The molecule has 0 aromatic rings.